The molecule has 1 fully saturated rings. The number of halogens is 3. The lowest BCUT2D eigenvalue weighted by Crippen LogP contribution is -2.46. The summed E-state index contributed by atoms with van der Waals surface area (Å²) in [6.45, 7) is 2.23. The van der Waals surface area contributed by atoms with Crippen LogP contribution < -0.4 is 21.1 Å². The monoisotopic (exact) mass is 735 g/mol. The van der Waals surface area contributed by atoms with Gasteiger partial charge in [0.15, 0.2) is 17.2 Å². The highest BCUT2D eigenvalue weighted by molar-refractivity contribution is 7.89. The maximum atomic E-state index is 13.9. The lowest BCUT2D eigenvalue weighted by Gasteiger charge is -2.24. The molecule has 0 bridgehead atoms. The fourth-order valence-electron chi connectivity index (χ4n) is 5.29. The largest absolute Gasteiger partial charge is 0.485 e. The minimum atomic E-state index is -4.20. The zero-order valence-electron chi connectivity index (χ0n) is 25.6. The quantitative estimate of drug-likeness (QED) is 0.0544. The van der Waals surface area contributed by atoms with Gasteiger partial charge in [0.1, 0.15) is 22.7 Å². The summed E-state index contributed by atoms with van der Waals surface area (Å²) >= 11 is 19.4. The predicted molar refractivity (Wildman–Crippen MR) is 182 cm³/mol. The van der Waals surface area contributed by atoms with Gasteiger partial charge in [-0.2, -0.15) is 4.31 Å². The van der Waals surface area contributed by atoms with E-state index in [1.807, 2.05) is 0 Å². The SMILES string of the molecule is Cc1nc2c(OCc3c(Cl)ccc(S(=O)(=O)N4CCCC4C(=O)NCCCNC(=O)c4ccc(C(N)=NO)cc4)c3Cl)cccn2c1Cl. The number of oxime groups is 1. The summed E-state index contributed by atoms with van der Waals surface area (Å²) in [7, 11) is -4.20. The molecule has 1 saturated heterocycles. The number of rotatable bonds is 12. The molecule has 0 spiro atoms. The van der Waals surface area contributed by atoms with Gasteiger partial charge in [-0.25, -0.2) is 13.4 Å². The lowest BCUT2D eigenvalue weighted by atomic mass is 10.1. The number of aryl methyl sites for hydroxylation is 1. The minimum absolute atomic E-state index is 0.0704. The van der Waals surface area contributed by atoms with Gasteiger partial charge in [-0.15, -0.1) is 0 Å². The first-order valence-corrected chi connectivity index (χ1v) is 17.4. The van der Waals surface area contributed by atoms with E-state index in [1.165, 1.54) is 12.1 Å². The van der Waals surface area contributed by atoms with Crippen molar-refractivity contribution in [2.45, 2.75) is 43.7 Å². The van der Waals surface area contributed by atoms with Crippen molar-refractivity contribution in [1.82, 2.24) is 24.3 Å². The van der Waals surface area contributed by atoms with Gasteiger partial charge in [0.25, 0.3) is 5.91 Å². The van der Waals surface area contributed by atoms with Crippen LogP contribution in [0.3, 0.4) is 0 Å². The molecule has 17 heteroatoms. The Labute approximate surface area is 291 Å². The molecule has 0 saturated carbocycles. The van der Waals surface area contributed by atoms with Crippen molar-refractivity contribution < 1.29 is 28.0 Å². The van der Waals surface area contributed by atoms with E-state index in [-0.39, 0.29) is 58.5 Å². The van der Waals surface area contributed by atoms with Crippen molar-refractivity contribution in [3.63, 3.8) is 0 Å². The zero-order valence-corrected chi connectivity index (χ0v) is 28.7. The number of amidine groups is 1. The molecule has 1 aliphatic rings. The van der Waals surface area contributed by atoms with Gasteiger partial charge in [0, 0.05) is 47.5 Å². The highest BCUT2D eigenvalue weighted by atomic mass is 35.5. The van der Waals surface area contributed by atoms with Gasteiger partial charge in [0.05, 0.1) is 10.7 Å². The van der Waals surface area contributed by atoms with Crippen LogP contribution in [0.4, 0.5) is 0 Å². The number of pyridine rings is 1. The second-order valence-corrected chi connectivity index (χ2v) is 13.9. The second-order valence-electron chi connectivity index (χ2n) is 10.9. The number of nitrogens with zero attached hydrogens (tertiary/aromatic N) is 4. The Balaban J connectivity index is 1.19. The molecule has 2 aromatic heterocycles. The maximum absolute atomic E-state index is 13.9. The summed E-state index contributed by atoms with van der Waals surface area (Å²) in [6.07, 6.45) is 2.97. The Kier molecular flexibility index (Phi) is 11.0. The molecule has 5 rings (SSSR count). The summed E-state index contributed by atoms with van der Waals surface area (Å²) in [6, 6.07) is 11.5. The summed E-state index contributed by atoms with van der Waals surface area (Å²) in [5.74, 6) is -0.448. The molecule has 2 aromatic carbocycles. The Morgan fingerprint density at radius 3 is 2.52 bits per heavy atom. The van der Waals surface area contributed by atoms with Gasteiger partial charge in [-0.05, 0) is 62.6 Å². The topological polar surface area (TPSA) is 181 Å². The number of nitrogens with one attached hydrogen (secondary N) is 2. The second kappa shape index (κ2) is 15.0. The van der Waals surface area contributed by atoms with Crippen LogP contribution in [-0.4, -0.2) is 70.6 Å². The fraction of sp³-hybridized carbons (Fsp3) is 0.290. The van der Waals surface area contributed by atoms with Crippen molar-refractivity contribution in [1.29, 1.82) is 0 Å². The summed E-state index contributed by atoms with van der Waals surface area (Å²) in [5.41, 5.74) is 7.75. The predicted octanol–water partition coefficient (Wildman–Crippen LogP) is 4.37. The third kappa shape index (κ3) is 7.32. The Morgan fingerprint density at radius 2 is 1.79 bits per heavy atom. The molecule has 1 aliphatic heterocycles. The number of benzene rings is 2. The number of aromatic nitrogens is 2. The smallest absolute Gasteiger partial charge is 0.251 e. The van der Waals surface area contributed by atoms with Crippen LogP contribution in [-0.2, 0) is 21.4 Å². The maximum Gasteiger partial charge on any atom is 0.251 e. The number of hydrogen-bond donors (Lipinski definition) is 4. The Morgan fingerprint density at radius 1 is 1.08 bits per heavy atom. The van der Waals surface area contributed by atoms with Gasteiger partial charge in [0.2, 0.25) is 15.9 Å². The van der Waals surface area contributed by atoms with Crippen LogP contribution >= 0.6 is 34.8 Å². The van der Waals surface area contributed by atoms with Gasteiger partial charge in [-0.3, -0.25) is 14.0 Å². The van der Waals surface area contributed by atoms with E-state index in [2.05, 4.69) is 20.8 Å². The van der Waals surface area contributed by atoms with Crippen LogP contribution in [0.2, 0.25) is 15.2 Å². The van der Waals surface area contributed by atoms with Crippen LogP contribution in [0.5, 0.6) is 5.75 Å². The number of sulfonamides is 1. The summed E-state index contributed by atoms with van der Waals surface area (Å²) < 4.78 is 36.5. The van der Waals surface area contributed by atoms with Crippen molar-refractivity contribution in [2.75, 3.05) is 19.6 Å². The highest BCUT2D eigenvalue weighted by Gasteiger charge is 2.40. The van der Waals surface area contributed by atoms with Crippen molar-refractivity contribution in [3.05, 3.63) is 92.3 Å². The number of carbonyl (C=O) groups excluding carboxylic acids is 2. The number of carbonyl (C=O) groups is 2. The summed E-state index contributed by atoms with van der Waals surface area (Å²) in [5, 5.41) is 17.8. The number of hydrogen-bond acceptors (Lipinski definition) is 8. The molecule has 2 amide bonds. The third-order valence-corrected chi connectivity index (χ3v) is 11.1. The first-order valence-electron chi connectivity index (χ1n) is 14.8. The van der Waals surface area contributed by atoms with Gasteiger partial charge < -0.3 is 26.3 Å². The Bertz CT molecular complexity index is 1990. The molecular weight excluding hydrogens is 705 g/mol. The minimum Gasteiger partial charge on any atom is -0.485 e. The van der Waals surface area contributed by atoms with E-state index in [4.69, 9.17) is 50.5 Å². The molecule has 254 valence electrons. The number of fused-ring (bicyclic) bond motifs is 1. The molecule has 4 aromatic rings. The van der Waals surface area contributed by atoms with Gasteiger partial charge in [-0.1, -0.05) is 52.1 Å². The average molecular weight is 737 g/mol. The van der Waals surface area contributed by atoms with Crippen molar-refractivity contribution in [2.24, 2.45) is 10.9 Å². The molecule has 1 unspecified atom stereocenters. The number of ether oxygens (including phenoxy) is 1. The van der Waals surface area contributed by atoms with Crippen LogP contribution in [0.15, 0.2) is 64.8 Å². The van der Waals surface area contributed by atoms with Crippen molar-refractivity contribution in [3.8, 4) is 5.75 Å². The normalized spacial score (nSPS) is 15.5. The molecule has 5 N–H and O–H groups in total. The molecule has 1 atom stereocenters. The molecule has 13 nitrogen and oxygen atoms in total. The van der Waals surface area contributed by atoms with E-state index in [1.54, 1.807) is 53.9 Å². The first-order chi connectivity index (χ1) is 22.9. The van der Waals surface area contributed by atoms with Crippen LogP contribution in [0, 0.1) is 6.92 Å². The number of nitrogens with two attached hydrogens (primary N) is 1. The molecule has 0 aliphatic carbocycles. The van der Waals surface area contributed by atoms with E-state index in [0.29, 0.717) is 52.6 Å². The van der Waals surface area contributed by atoms with Crippen LogP contribution in [0.1, 0.15) is 46.4 Å². The number of imidazole rings is 1. The summed E-state index contributed by atoms with van der Waals surface area (Å²) in [4.78, 5) is 29.8. The molecular formula is C31H32Cl3N7O6S. The van der Waals surface area contributed by atoms with Crippen molar-refractivity contribution >= 4 is 68.1 Å². The van der Waals surface area contributed by atoms with E-state index >= 15 is 0 Å². The molecule has 3 heterocycles. The first kappa shape index (κ1) is 35.2. The average Bonchev–Trinajstić information content (AvgIpc) is 3.69. The Hall–Kier alpha value is -4.08. The molecule has 0 radical (unpaired) electrons. The van der Waals surface area contributed by atoms with Crippen LogP contribution in [0.25, 0.3) is 5.65 Å². The zero-order chi connectivity index (χ0) is 34.6. The standard InChI is InChI=1S/C31H32Cl3N7O6S/c1-18-27(34)40-15-3-6-24(29(40)38-18)47-17-21-22(32)11-12-25(26(21)33)48(45,46)41-16-2-5-23(41)31(43)37-14-4-13-36-30(42)20-9-7-19(8-10-20)28(35)39-44/h3,6-12,15,23,44H,2,4-5,13-14,16-17H2,1H3,(H2,35,39)(H,36,42)(H,37,43). The molecule has 48 heavy (non-hydrogen) atoms. The van der Waals surface area contributed by atoms with E-state index < -0.39 is 22.0 Å². The lowest BCUT2D eigenvalue weighted by molar-refractivity contribution is -0.124. The van der Waals surface area contributed by atoms with E-state index in [0.717, 1.165) is 4.31 Å². The highest BCUT2D eigenvalue weighted by Crippen LogP contribution is 2.36. The number of amides is 2. The fourth-order valence-corrected chi connectivity index (χ4v) is 7.98. The third-order valence-electron chi connectivity index (χ3n) is 7.82. The van der Waals surface area contributed by atoms with Gasteiger partial charge >= 0.3 is 0 Å². The van der Waals surface area contributed by atoms with E-state index in [9.17, 15) is 18.0 Å².